The molecule has 2 saturated heterocycles. The molecule has 8 nitrogen and oxygen atoms in total. The first-order chi connectivity index (χ1) is 16.2. The third-order valence-electron chi connectivity index (χ3n) is 6.91. The molecular weight excluding hydrogens is 450 g/mol. The number of hydrogen-bond acceptors (Lipinski definition) is 6. The minimum atomic E-state index is -3.84. The Bertz CT molecular complexity index is 1180. The number of aryl methyl sites for hydroxylation is 3. The molecule has 0 spiro atoms. The molecule has 1 aromatic carbocycles. The normalized spacial score (nSPS) is 19.2. The number of aromatic nitrogens is 1. The Morgan fingerprint density at radius 2 is 1.74 bits per heavy atom. The van der Waals surface area contributed by atoms with Gasteiger partial charge in [-0.15, -0.1) is 0 Å². The van der Waals surface area contributed by atoms with Gasteiger partial charge in [0.15, 0.2) is 0 Å². The van der Waals surface area contributed by atoms with Crippen LogP contribution in [0.15, 0.2) is 29.3 Å². The number of pyridine rings is 1. The minimum absolute atomic E-state index is 0.0864. The van der Waals surface area contributed by atoms with Crippen molar-refractivity contribution in [2.24, 2.45) is 0 Å². The fourth-order valence-electron chi connectivity index (χ4n) is 4.79. The lowest BCUT2D eigenvalue weighted by Gasteiger charge is -2.35. The van der Waals surface area contributed by atoms with E-state index < -0.39 is 10.0 Å². The molecule has 1 unspecified atom stereocenters. The molecule has 0 radical (unpaired) electrons. The quantitative estimate of drug-likeness (QED) is 0.675. The summed E-state index contributed by atoms with van der Waals surface area (Å²) in [7, 11) is -3.84. The molecule has 2 N–H and O–H groups in total. The van der Waals surface area contributed by atoms with E-state index >= 15 is 0 Å². The first-order valence-electron chi connectivity index (χ1n) is 12.0. The molecule has 0 aliphatic carbocycles. The molecular formula is C25H35N5O3S. The average Bonchev–Trinajstić information content (AvgIpc) is 2.81. The third-order valence-corrected chi connectivity index (χ3v) is 8.43. The van der Waals surface area contributed by atoms with Crippen LogP contribution in [-0.4, -0.2) is 63.0 Å². The standard InChI is InChI=1S/C25H35N5O3S/c1-17-13-19(3)23(14-18(17)2)34(32,33)28-21-15-22(25(31)30-10-6-5-7-20(30)4)24(27-16-21)29-11-8-26-9-12-29/h13-16,20,26,28H,5-12H2,1-4H3. The number of nitrogens with one attached hydrogen (secondary N) is 2. The molecule has 9 heteroatoms. The van der Waals surface area contributed by atoms with Crippen molar-refractivity contribution in [3.05, 3.63) is 46.6 Å². The van der Waals surface area contributed by atoms with Gasteiger partial charge >= 0.3 is 0 Å². The van der Waals surface area contributed by atoms with Gasteiger partial charge in [0.25, 0.3) is 15.9 Å². The molecule has 1 amide bonds. The molecule has 0 bridgehead atoms. The van der Waals surface area contributed by atoms with Gasteiger partial charge in [-0.05, 0) is 75.8 Å². The number of likely N-dealkylation sites (tertiary alicyclic amines) is 1. The van der Waals surface area contributed by atoms with E-state index in [1.54, 1.807) is 19.1 Å². The number of hydrogen-bond donors (Lipinski definition) is 2. The number of carbonyl (C=O) groups excluding carboxylic acids is 1. The van der Waals surface area contributed by atoms with Crippen molar-refractivity contribution in [3.63, 3.8) is 0 Å². The average molecular weight is 486 g/mol. The predicted octanol–water partition coefficient (Wildman–Crippen LogP) is 3.23. The van der Waals surface area contributed by atoms with Gasteiger partial charge in [-0.2, -0.15) is 0 Å². The summed E-state index contributed by atoms with van der Waals surface area (Å²) < 4.78 is 29.2. The van der Waals surface area contributed by atoms with Gasteiger partial charge in [0, 0.05) is 38.8 Å². The van der Waals surface area contributed by atoms with Crippen molar-refractivity contribution in [1.29, 1.82) is 0 Å². The van der Waals surface area contributed by atoms with Crippen LogP contribution in [0, 0.1) is 20.8 Å². The Balaban J connectivity index is 1.70. The van der Waals surface area contributed by atoms with Crippen LogP contribution in [0.4, 0.5) is 11.5 Å². The molecule has 184 valence electrons. The fourth-order valence-corrected chi connectivity index (χ4v) is 6.13. The molecule has 3 heterocycles. The smallest absolute Gasteiger partial charge is 0.262 e. The molecule has 1 atom stereocenters. The lowest BCUT2D eigenvalue weighted by Crippen LogP contribution is -2.46. The van der Waals surface area contributed by atoms with Crippen LogP contribution >= 0.6 is 0 Å². The summed E-state index contributed by atoms with van der Waals surface area (Å²) in [5, 5.41) is 3.32. The summed E-state index contributed by atoms with van der Waals surface area (Å²) in [4.78, 5) is 22.5. The van der Waals surface area contributed by atoms with Crippen LogP contribution in [0.3, 0.4) is 0 Å². The van der Waals surface area contributed by atoms with Crippen LogP contribution in [-0.2, 0) is 10.0 Å². The lowest BCUT2D eigenvalue weighted by molar-refractivity contribution is 0.0636. The predicted molar refractivity (Wildman–Crippen MR) is 135 cm³/mol. The first-order valence-corrected chi connectivity index (χ1v) is 13.5. The van der Waals surface area contributed by atoms with Gasteiger partial charge in [-0.1, -0.05) is 6.07 Å². The zero-order valence-corrected chi connectivity index (χ0v) is 21.3. The third kappa shape index (κ3) is 5.05. The van der Waals surface area contributed by atoms with E-state index in [0.717, 1.165) is 56.6 Å². The summed E-state index contributed by atoms with van der Waals surface area (Å²) in [6, 6.07) is 5.37. The lowest BCUT2D eigenvalue weighted by atomic mass is 10.0. The van der Waals surface area contributed by atoms with Crippen molar-refractivity contribution in [2.45, 2.75) is 57.9 Å². The van der Waals surface area contributed by atoms with Crippen LogP contribution < -0.4 is 14.9 Å². The maximum Gasteiger partial charge on any atom is 0.262 e. The number of anilines is 2. The Hall–Kier alpha value is -2.65. The van der Waals surface area contributed by atoms with E-state index in [1.807, 2.05) is 24.8 Å². The number of piperidine rings is 1. The number of piperazine rings is 1. The highest BCUT2D eigenvalue weighted by Gasteiger charge is 2.29. The van der Waals surface area contributed by atoms with Gasteiger partial charge in [-0.3, -0.25) is 9.52 Å². The monoisotopic (exact) mass is 485 g/mol. The number of sulfonamides is 1. The van der Waals surface area contributed by atoms with Crippen molar-refractivity contribution in [3.8, 4) is 0 Å². The topological polar surface area (TPSA) is 94.6 Å². The minimum Gasteiger partial charge on any atom is -0.353 e. The zero-order chi connectivity index (χ0) is 24.5. The van der Waals surface area contributed by atoms with Crippen molar-refractivity contribution >= 4 is 27.4 Å². The molecule has 2 fully saturated rings. The largest absolute Gasteiger partial charge is 0.353 e. The zero-order valence-electron chi connectivity index (χ0n) is 20.5. The molecule has 0 saturated carbocycles. The molecule has 2 aliphatic rings. The van der Waals surface area contributed by atoms with Crippen molar-refractivity contribution in [1.82, 2.24) is 15.2 Å². The summed E-state index contributed by atoms with van der Waals surface area (Å²) in [5.41, 5.74) is 3.38. The summed E-state index contributed by atoms with van der Waals surface area (Å²) in [5.74, 6) is 0.534. The van der Waals surface area contributed by atoms with Gasteiger partial charge in [0.05, 0.1) is 22.3 Å². The highest BCUT2D eigenvalue weighted by molar-refractivity contribution is 7.92. The van der Waals surface area contributed by atoms with Crippen LogP contribution in [0.2, 0.25) is 0 Å². The van der Waals surface area contributed by atoms with Crippen LogP contribution in [0.25, 0.3) is 0 Å². The molecule has 34 heavy (non-hydrogen) atoms. The summed E-state index contributed by atoms with van der Waals surface area (Å²) in [6.45, 7) is 11.6. The number of carbonyl (C=O) groups is 1. The van der Waals surface area contributed by atoms with E-state index in [1.165, 1.54) is 6.20 Å². The number of amides is 1. The Morgan fingerprint density at radius 3 is 2.44 bits per heavy atom. The van der Waals surface area contributed by atoms with E-state index in [-0.39, 0.29) is 16.8 Å². The highest BCUT2D eigenvalue weighted by atomic mass is 32.2. The number of rotatable bonds is 5. The second-order valence-electron chi connectivity index (χ2n) is 9.48. The van der Waals surface area contributed by atoms with E-state index in [4.69, 9.17) is 0 Å². The van der Waals surface area contributed by atoms with Gasteiger partial charge < -0.3 is 15.1 Å². The van der Waals surface area contributed by atoms with Crippen LogP contribution in [0.5, 0.6) is 0 Å². The second-order valence-corrected chi connectivity index (χ2v) is 11.1. The Morgan fingerprint density at radius 1 is 1.03 bits per heavy atom. The second kappa shape index (κ2) is 9.92. The van der Waals surface area contributed by atoms with Crippen LogP contribution in [0.1, 0.15) is 53.2 Å². The van der Waals surface area contributed by atoms with Gasteiger partial charge in [0.2, 0.25) is 0 Å². The molecule has 4 rings (SSSR count). The summed E-state index contributed by atoms with van der Waals surface area (Å²) >= 11 is 0. The molecule has 2 aliphatic heterocycles. The van der Waals surface area contributed by atoms with Gasteiger partial charge in [-0.25, -0.2) is 13.4 Å². The summed E-state index contributed by atoms with van der Waals surface area (Å²) in [6.07, 6.45) is 4.58. The SMILES string of the molecule is Cc1cc(C)c(S(=O)(=O)Nc2cnc(N3CCNCC3)c(C(=O)N3CCCCC3C)c2)cc1C. The Kier molecular flexibility index (Phi) is 7.14. The van der Waals surface area contributed by atoms with E-state index in [0.29, 0.717) is 29.2 Å². The van der Waals surface area contributed by atoms with Gasteiger partial charge in [0.1, 0.15) is 5.82 Å². The number of benzene rings is 1. The van der Waals surface area contributed by atoms with Crippen molar-refractivity contribution < 1.29 is 13.2 Å². The molecule has 2 aromatic rings. The fraction of sp³-hybridized carbons (Fsp3) is 0.520. The van der Waals surface area contributed by atoms with E-state index in [2.05, 4.69) is 26.8 Å². The maximum atomic E-state index is 13.7. The number of nitrogens with zero attached hydrogens (tertiary/aromatic N) is 3. The maximum absolute atomic E-state index is 13.7. The first kappa shape index (κ1) is 24.5. The van der Waals surface area contributed by atoms with Crippen molar-refractivity contribution in [2.75, 3.05) is 42.3 Å². The van der Waals surface area contributed by atoms with E-state index in [9.17, 15) is 13.2 Å². The molecule has 1 aromatic heterocycles. The highest BCUT2D eigenvalue weighted by Crippen LogP contribution is 2.28. The Labute approximate surface area is 202 Å².